The number of aromatic nitrogens is 1. The number of hydrogen-bond donors (Lipinski definition) is 1. The maximum Gasteiger partial charge on any atom is 0.0573 e. The predicted molar refractivity (Wildman–Crippen MR) is 70.2 cm³/mol. The highest BCUT2D eigenvalue weighted by atomic mass is 32.1. The van der Waals surface area contributed by atoms with Crippen molar-refractivity contribution in [1.29, 1.82) is 0 Å². The standard InChI is InChI=1S/C12H15N3S/c1-13-11-5-12(7-14-6-11)15(2)8-10-3-4-16-9-10/h3-7,9,13H,8H2,1-2H3. The molecule has 1 N–H and O–H groups in total. The highest BCUT2D eigenvalue weighted by Gasteiger charge is 2.03. The zero-order valence-corrected chi connectivity index (χ0v) is 10.3. The number of hydrogen-bond acceptors (Lipinski definition) is 4. The van der Waals surface area contributed by atoms with Crippen LogP contribution < -0.4 is 10.2 Å². The second-order valence-electron chi connectivity index (χ2n) is 3.67. The third kappa shape index (κ3) is 2.52. The average Bonchev–Trinajstić information content (AvgIpc) is 2.82. The van der Waals surface area contributed by atoms with Gasteiger partial charge in [-0.15, -0.1) is 0 Å². The summed E-state index contributed by atoms with van der Waals surface area (Å²) >= 11 is 1.73. The van der Waals surface area contributed by atoms with Gasteiger partial charge in [-0.25, -0.2) is 0 Å². The molecule has 0 saturated heterocycles. The van der Waals surface area contributed by atoms with Crippen LogP contribution >= 0.6 is 11.3 Å². The Balaban J connectivity index is 2.11. The first-order valence-electron chi connectivity index (χ1n) is 5.14. The van der Waals surface area contributed by atoms with E-state index in [2.05, 4.69) is 45.1 Å². The van der Waals surface area contributed by atoms with Crippen LogP contribution in [0.1, 0.15) is 5.56 Å². The number of thiophene rings is 1. The van der Waals surface area contributed by atoms with Crippen molar-refractivity contribution in [3.05, 3.63) is 40.8 Å². The second-order valence-corrected chi connectivity index (χ2v) is 4.45. The zero-order valence-electron chi connectivity index (χ0n) is 9.47. The van der Waals surface area contributed by atoms with E-state index in [1.807, 2.05) is 19.4 Å². The lowest BCUT2D eigenvalue weighted by molar-refractivity contribution is 0.922. The minimum atomic E-state index is 0.915. The quantitative estimate of drug-likeness (QED) is 0.880. The monoisotopic (exact) mass is 233 g/mol. The van der Waals surface area contributed by atoms with Gasteiger partial charge in [0.1, 0.15) is 0 Å². The van der Waals surface area contributed by atoms with E-state index in [9.17, 15) is 0 Å². The van der Waals surface area contributed by atoms with Gasteiger partial charge in [0.2, 0.25) is 0 Å². The van der Waals surface area contributed by atoms with Crippen molar-refractivity contribution in [3.8, 4) is 0 Å². The molecule has 0 saturated carbocycles. The molecule has 0 fully saturated rings. The Bertz CT molecular complexity index is 439. The van der Waals surface area contributed by atoms with Crippen LogP contribution in [-0.2, 0) is 6.54 Å². The molecule has 0 spiro atoms. The molecule has 0 atom stereocenters. The topological polar surface area (TPSA) is 28.2 Å². The summed E-state index contributed by atoms with van der Waals surface area (Å²) in [5.41, 5.74) is 3.50. The van der Waals surface area contributed by atoms with Crippen molar-refractivity contribution in [1.82, 2.24) is 4.98 Å². The van der Waals surface area contributed by atoms with Crippen molar-refractivity contribution >= 4 is 22.7 Å². The first-order chi connectivity index (χ1) is 7.79. The van der Waals surface area contributed by atoms with Gasteiger partial charge in [0.05, 0.1) is 23.8 Å². The van der Waals surface area contributed by atoms with Crippen LogP contribution in [0.25, 0.3) is 0 Å². The van der Waals surface area contributed by atoms with Crippen LogP contribution in [0.3, 0.4) is 0 Å². The highest BCUT2D eigenvalue weighted by molar-refractivity contribution is 7.07. The van der Waals surface area contributed by atoms with Gasteiger partial charge in [-0.1, -0.05) is 0 Å². The van der Waals surface area contributed by atoms with Gasteiger partial charge in [-0.2, -0.15) is 11.3 Å². The number of nitrogens with one attached hydrogen (secondary N) is 1. The van der Waals surface area contributed by atoms with Crippen LogP contribution in [0.2, 0.25) is 0 Å². The van der Waals surface area contributed by atoms with Gasteiger partial charge in [0.25, 0.3) is 0 Å². The molecule has 2 aromatic rings. The van der Waals surface area contributed by atoms with Gasteiger partial charge in [-0.3, -0.25) is 4.98 Å². The van der Waals surface area contributed by atoms with Gasteiger partial charge in [0.15, 0.2) is 0 Å². The SMILES string of the molecule is CNc1cncc(N(C)Cc2ccsc2)c1. The van der Waals surface area contributed by atoms with E-state index in [0.29, 0.717) is 0 Å². The van der Waals surface area contributed by atoms with Gasteiger partial charge in [0, 0.05) is 20.6 Å². The van der Waals surface area contributed by atoms with Crippen LogP contribution in [0.5, 0.6) is 0 Å². The summed E-state index contributed by atoms with van der Waals surface area (Å²) in [5.74, 6) is 0. The number of anilines is 2. The molecule has 0 bridgehead atoms. The van der Waals surface area contributed by atoms with Crippen LogP contribution in [0.15, 0.2) is 35.3 Å². The van der Waals surface area contributed by atoms with Gasteiger partial charge >= 0.3 is 0 Å². The summed E-state index contributed by atoms with van der Waals surface area (Å²) in [6.45, 7) is 0.915. The Labute approximate surface area is 99.8 Å². The smallest absolute Gasteiger partial charge is 0.0573 e. The Morgan fingerprint density at radius 1 is 1.44 bits per heavy atom. The van der Waals surface area contributed by atoms with Gasteiger partial charge < -0.3 is 10.2 Å². The normalized spacial score (nSPS) is 10.1. The average molecular weight is 233 g/mol. The molecule has 4 heteroatoms. The summed E-state index contributed by atoms with van der Waals surface area (Å²) in [7, 11) is 3.98. The highest BCUT2D eigenvalue weighted by Crippen LogP contribution is 2.18. The van der Waals surface area contributed by atoms with Crippen molar-refractivity contribution in [2.45, 2.75) is 6.54 Å². The Hall–Kier alpha value is -1.55. The van der Waals surface area contributed by atoms with E-state index < -0.39 is 0 Å². The predicted octanol–water partition coefficient (Wildman–Crippen LogP) is 2.82. The van der Waals surface area contributed by atoms with E-state index in [0.717, 1.165) is 17.9 Å². The largest absolute Gasteiger partial charge is 0.387 e. The summed E-state index contributed by atoms with van der Waals surface area (Å²) in [4.78, 5) is 6.39. The van der Waals surface area contributed by atoms with E-state index in [1.54, 1.807) is 11.3 Å². The fraction of sp³-hybridized carbons (Fsp3) is 0.250. The zero-order chi connectivity index (χ0) is 11.4. The Morgan fingerprint density at radius 2 is 2.31 bits per heavy atom. The summed E-state index contributed by atoms with van der Waals surface area (Å²) in [6.07, 6.45) is 3.70. The molecular weight excluding hydrogens is 218 g/mol. The van der Waals surface area contributed by atoms with E-state index in [-0.39, 0.29) is 0 Å². The molecule has 2 aromatic heterocycles. The molecule has 0 aliphatic rings. The third-order valence-corrected chi connectivity index (χ3v) is 3.19. The minimum Gasteiger partial charge on any atom is -0.387 e. The summed E-state index contributed by atoms with van der Waals surface area (Å²) in [5, 5.41) is 7.37. The van der Waals surface area contributed by atoms with Gasteiger partial charge in [-0.05, 0) is 28.5 Å². The lowest BCUT2D eigenvalue weighted by Crippen LogP contribution is -2.16. The maximum atomic E-state index is 4.20. The second kappa shape index (κ2) is 4.99. The molecule has 16 heavy (non-hydrogen) atoms. The number of pyridine rings is 1. The molecule has 2 rings (SSSR count). The van der Waals surface area contributed by atoms with E-state index >= 15 is 0 Å². The van der Waals surface area contributed by atoms with Crippen molar-refractivity contribution in [2.75, 3.05) is 24.3 Å². The van der Waals surface area contributed by atoms with Crippen molar-refractivity contribution in [2.24, 2.45) is 0 Å². The first kappa shape index (κ1) is 11.0. The molecule has 0 aromatic carbocycles. The lowest BCUT2D eigenvalue weighted by atomic mass is 10.3. The summed E-state index contributed by atoms with van der Waals surface area (Å²) in [6, 6.07) is 4.25. The third-order valence-electron chi connectivity index (χ3n) is 2.45. The van der Waals surface area contributed by atoms with Crippen molar-refractivity contribution < 1.29 is 0 Å². The number of nitrogens with zero attached hydrogens (tertiary/aromatic N) is 2. The molecule has 3 nitrogen and oxygen atoms in total. The Morgan fingerprint density at radius 3 is 3.00 bits per heavy atom. The summed E-state index contributed by atoms with van der Waals surface area (Å²) < 4.78 is 0. The molecule has 2 heterocycles. The fourth-order valence-corrected chi connectivity index (χ4v) is 2.18. The van der Waals surface area contributed by atoms with Crippen LogP contribution in [0.4, 0.5) is 11.4 Å². The molecule has 0 aliphatic carbocycles. The van der Waals surface area contributed by atoms with Crippen molar-refractivity contribution in [3.63, 3.8) is 0 Å². The lowest BCUT2D eigenvalue weighted by Gasteiger charge is -2.18. The minimum absolute atomic E-state index is 0.915. The van der Waals surface area contributed by atoms with Crippen LogP contribution in [0, 0.1) is 0 Å². The molecule has 0 unspecified atom stereocenters. The molecule has 0 aliphatic heterocycles. The molecule has 0 amide bonds. The fourth-order valence-electron chi connectivity index (χ4n) is 1.52. The first-order valence-corrected chi connectivity index (χ1v) is 6.09. The van der Waals surface area contributed by atoms with Crippen LogP contribution in [-0.4, -0.2) is 19.1 Å². The molecular formula is C12H15N3S. The molecule has 84 valence electrons. The van der Waals surface area contributed by atoms with E-state index in [1.165, 1.54) is 5.56 Å². The maximum absolute atomic E-state index is 4.20. The number of rotatable bonds is 4. The van der Waals surface area contributed by atoms with E-state index in [4.69, 9.17) is 0 Å². The molecule has 0 radical (unpaired) electrons. The Kier molecular flexibility index (Phi) is 3.41.